The van der Waals surface area contributed by atoms with Crippen molar-refractivity contribution in [3.8, 4) is 0 Å². The minimum atomic E-state index is -0.449. The molecule has 1 aromatic rings. The third kappa shape index (κ3) is 3.78. The molecule has 0 heterocycles. The highest BCUT2D eigenvalue weighted by Crippen LogP contribution is 2.24. The first kappa shape index (κ1) is 14.6. The normalized spacial score (nSPS) is 14.5. The zero-order valence-corrected chi connectivity index (χ0v) is 11.0. The summed E-state index contributed by atoms with van der Waals surface area (Å²) in [7, 11) is 0. The van der Waals surface area contributed by atoms with Gasteiger partial charge < -0.3 is 10.4 Å². The number of nitrogens with zero attached hydrogens (tertiary/aromatic N) is 1. The van der Waals surface area contributed by atoms with Gasteiger partial charge in [-0.1, -0.05) is 32.0 Å². The van der Waals surface area contributed by atoms with Crippen LogP contribution < -0.4 is 5.32 Å². The van der Waals surface area contributed by atoms with Crippen LogP contribution in [0.2, 0.25) is 0 Å². The van der Waals surface area contributed by atoms with Crippen LogP contribution in [0.3, 0.4) is 0 Å². The van der Waals surface area contributed by atoms with E-state index in [1.807, 2.05) is 20.8 Å². The lowest BCUT2D eigenvalue weighted by molar-refractivity contribution is -0.385. The maximum atomic E-state index is 10.9. The molecule has 0 aliphatic heterocycles. The average molecular weight is 252 g/mol. The lowest BCUT2D eigenvalue weighted by atomic mass is 10.0. The zero-order valence-electron chi connectivity index (χ0n) is 11.0. The highest BCUT2D eigenvalue weighted by molar-refractivity contribution is 5.41. The van der Waals surface area contributed by atoms with Crippen molar-refractivity contribution in [3.63, 3.8) is 0 Å². The molecule has 0 aliphatic rings. The molecule has 0 spiro atoms. The Bertz CT molecular complexity index is 407. The molecule has 5 nitrogen and oxygen atoms in total. The van der Waals surface area contributed by atoms with E-state index < -0.39 is 6.10 Å². The summed E-state index contributed by atoms with van der Waals surface area (Å²) in [6.45, 7) is 6.14. The fourth-order valence-corrected chi connectivity index (χ4v) is 1.66. The number of aliphatic hydroxyl groups is 1. The molecule has 0 saturated heterocycles. The van der Waals surface area contributed by atoms with Gasteiger partial charge in [0.1, 0.15) is 0 Å². The largest absolute Gasteiger partial charge is 0.392 e. The van der Waals surface area contributed by atoms with E-state index in [1.54, 1.807) is 18.2 Å². The molecule has 0 amide bonds. The molecular formula is C13H20N2O3. The second-order valence-corrected chi connectivity index (χ2v) is 4.76. The molecule has 100 valence electrons. The van der Waals surface area contributed by atoms with Gasteiger partial charge in [0.25, 0.3) is 5.69 Å². The maximum absolute atomic E-state index is 10.9. The van der Waals surface area contributed by atoms with E-state index in [0.29, 0.717) is 12.1 Å². The average Bonchev–Trinajstić information content (AvgIpc) is 2.35. The molecule has 0 bridgehead atoms. The van der Waals surface area contributed by atoms with Gasteiger partial charge in [-0.2, -0.15) is 0 Å². The molecule has 0 radical (unpaired) electrons. The highest BCUT2D eigenvalue weighted by Gasteiger charge is 2.19. The van der Waals surface area contributed by atoms with Crippen LogP contribution >= 0.6 is 0 Å². The number of nitro groups is 1. The summed E-state index contributed by atoms with van der Waals surface area (Å²) in [4.78, 5) is 10.5. The van der Waals surface area contributed by atoms with Crippen molar-refractivity contribution in [2.24, 2.45) is 5.92 Å². The maximum Gasteiger partial charge on any atom is 0.274 e. The molecular weight excluding hydrogens is 232 g/mol. The van der Waals surface area contributed by atoms with Crippen LogP contribution in [0.1, 0.15) is 32.4 Å². The van der Waals surface area contributed by atoms with E-state index in [4.69, 9.17) is 0 Å². The smallest absolute Gasteiger partial charge is 0.274 e. The first-order valence-corrected chi connectivity index (χ1v) is 6.08. The Morgan fingerprint density at radius 3 is 2.50 bits per heavy atom. The second-order valence-electron chi connectivity index (χ2n) is 4.76. The predicted octanol–water partition coefficient (Wildman–Crippen LogP) is 2.26. The van der Waals surface area contributed by atoms with Crippen LogP contribution in [0.15, 0.2) is 24.3 Å². The number of benzene rings is 1. The quantitative estimate of drug-likeness (QED) is 0.601. The molecule has 0 saturated carbocycles. The van der Waals surface area contributed by atoms with Crippen molar-refractivity contribution in [1.82, 2.24) is 5.32 Å². The third-order valence-corrected chi connectivity index (χ3v) is 3.00. The number of hydrogen-bond acceptors (Lipinski definition) is 4. The topological polar surface area (TPSA) is 75.4 Å². The van der Waals surface area contributed by atoms with Crippen LogP contribution in [-0.2, 0) is 0 Å². The fraction of sp³-hybridized carbons (Fsp3) is 0.538. The molecule has 0 fully saturated rings. The highest BCUT2D eigenvalue weighted by atomic mass is 16.6. The van der Waals surface area contributed by atoms with E-state index in [2.05, 4.69) is 5.32 Å². The minimum absolute atomic E-state index is 0.108. The van der Waals surface area contributed by atoms with Gasteiger partial charge in [0, 0.05) is 24.2 Å². The Morgan fingerprint density at radius 2 is 1.94 bits per heavy atom. The zero-order chi connectivity index (χ0) is 13.7. The number of para-hydroxylation sites is 1. The second kappa shape index (κ2) is 6.47. The first-order chi connectivity index (χ1) is 8.43. The van der Waals surface area contributed by atoms with Crippen LogP contribution in [0.4, 0.5) is 5.69 Å². The molecule has 2 N–H and O–H groups in total. The molecule has 1 aromatic carbocycles. The van der Waals surface area contributed by atoms with Crippen molar-refractivity contribution < 1.29 is 10.0 Å². The summed E-state index contributed by atoms with van der Waals surface area (Å²) in [5.41, 5.74) is 0.745. The number of aliphatic hydroxyl groups excluding tert-OH is 1. The Kier molecular flexibility index (Phi) is 5.25. The van der Waals surface area contributed by atoms with Gasteiger partial charge in [0.15, 0.2) is 0 Å². The van der Waals surface area contributed by atoms with E-state index >= 15 is 0 Å². The number of hydrogen-bond donors (Lipinski definition) is 2. The van der Waals surface area contributed by atoms with E-state index in [0.717, 1.165) is 0 Å². The summed E-state index contributed by atoms with van der Waals surface area (Å²) in [5.74, 6) is 0.162. The van der Waals surface area contributed by atoms with E-state index in [1.165, 1.54) is 6.07 Å². The summed E-state index contributed by atoms with van der Waals surface area (Å²) >= 11 is 0. The van der Waals surface area contributed by atoms with Gasteiger partial charge in [-0.05, 0) is 12.8 Å². The van der Waals surface area contributed by atoms with Gasteiger partial charge in [0.05, 0.1) is 11.0 Å². The number of nitro benzene ring substituents is 1. The van der Waals surface area contributed by atoms with Crippen LogP contribution in [0, 0.1) is 16.0 Å². The minimum Gasteiger partial charge on any atom is -0.392 e. The SMILES string of the molecule is CC(NCC(O)C(C)C)c1ccccc1[N+](=O)[O-]. The van der Waals surface area contributed by atoms with Gasteiger partial charge in [0.2, 0.25) is 0 Å². The van der Waals surface area contributed by atoms with Crippen molar-refractivity contribution in [3.05, 3.63) is 39.9 Å². The van der Waals surface area contributed by atoms with Gasteiger partial charge in [-0.25, -0.2) is 0 Å². The van der Waals surface area contributed by atoms with Crippen LogP contribution in [-0.4, -0.2) is 22.7 Å². The van der Waals surface area contributed by atoms with Gasteiger partial charge >= 0.3 is 0 Å². The van der Waals surface area contributed by atoms with Gasteiger partial charge in [-0.3, -0.25) is 10.1 Å². The lowest BCUT2D eigenvalue weighted by Crippen LogP contribution is -2.32. The summed E-state index contributed by atoms with van der Waals surface area (Å²) < 4.78 is 0. The number of rotatable bonds is 6. The molecule has 0 aromatic heterocycles. The molecule has 2 unspecified atom stereocenters. The Labute approximate surface area is 107 Å². The molecule has 1 rings (SSSR count). The van der Waals surface area contributed by atoms with Crippen molar-refractivity contribution in [1.29, 1.82) is 0 Å². The standard InChI is InChI=1S/C13H20N2O3/c1-9(2)13(16)8-14-10(3)11-6-4-5-7-12(11)15(17)18/h4-7,9-10,13-14,16H,8H2,1-3H3. The Morgan fingerprint density at radius 1 is 1.33 bits per heavy atom. The first-order valence-electron chi connectivity index (χ1n) is 6.08. The summed E-state index contributed by atoms with van der Waals surface area (Å²) in [6.07, 6.45) is -0.449. The lowest BCUT2D eigenvalue weighted by Gasteiger charge is -2.19. The van der Waals surface area contributed by atoms with Crippen LogP contribution in [0.25, 0.3) is 0 Å². The molecule has 5 heteroatoms. The van der Waals surface area contributed by atoms with Crippen molar-refractivity contribution in [2.75, 3.05) is 6.54 Å². The third-order valence-electron chi connectivity index (χ3n) is 3.00. The van der Waals surface area contributed by atoms with Crippen LogP contribution in [0.5, 0.6) is 0 Å². The predicted molar refractivity (Wildman–Crippen MR) is 70.4 cm³/mol. The summed E-state index contributed by atoms with van der Waals surface area (Å²) in [6, 6.07) is 6.49. The molecule has 2 atom stereocenters. The Hall–Kier alpha value is -1.46. The van der Waals surface area contributed by atoms with E-state index in [9.17, 15) is 15.2 Å². The van der Waals surface area contributed by atoms with E-state index in [-0.39, 0.29) is 22.6 Å². The van der Waals surface area contributed by atoms with Crippen molar-refractivity contribution >= 4 is 5.69 Å². The fourth-order valence-electron chi connectivity index (χ4n) is 1.66. The van der Waals surface area contributed by atoms with Gasteiger partial charge in [-0.15, -0.1) is 0 Å². The summed E-state index contributed by atoms with van der Waals surface area (Å²) in [5, 5.41) is 23.7. The molecule has 18 heavy (non-hydrogen) atoms. The number of nitrogens with one attached hydrogen (secondary N) is 1. The Balaban J connectivity index is 2.72. The van der Waals surface area contributed by atoms with Crippen molar-refractivity contribution in [2.45, 2.75) is 32.9 Å². The monoisotopic (exact) mass is 252 g/mol. The molecule has 0 aliphatic carbocycles.